The predicted molar refractivity (Wildman–Crippen MR) is 81.2 cm³/mol. The standard InChI is InChI=1S/C16H18N4O2/c17-16(22)14-9-13(19-20-14)11-7-12(8-11)18-15(21)6-10-4-2-1-3-5-10/h1-5,9,11-12H,6-8H2,(H2,17,22)(H,18,21)(H,19,20)/t11-,12+. The first-order valence-electron chi connectivity index (χ1n) is 7.30. The van der Waals surface area contributed by atoms with Crippen molar-refractivity contribution in [1.29, 1.82) is 0 Å². The molecule has 114 valence electrons. The first kappa shape index (κ1) is 14.3. The van der Waals surface area contributed by atoms with Crippen LogP contribution in [0.5, 0.6) is 0 Å². The van der Waals surface area contributed by atoms with Crippen LogP contribution in [0.4, 0.5) is 0 Å². The van der Waals surface area contributed by atoms with Crippen molar-refractivity contribution in [1.82, 2.24) is 15.5 Å². The first-order valence-corrected chi connectivity index (χ1v) is 7.30. The maximum absolute atomic E-state index is 12.0. The summed E-state index contributed by atoms with van der Waals surface area (Å²) in [6.07, 6.45) is 2.07. The van der Waals surface area contributed by atoms with E-state index in [0.29, 0.717) is 12.1 Å². The van der Waals surface area contributed by atoms with Crippen molar-refractivity contribution in [3.05, 3.63) is 53.3 Å². The third-order valence-corrected chi connectivity index (χ3v) is 3.99. The number of H-pyrrole nitrogens is 1. The number of amides is 2. The van der Waals surface area contributed by atoms with Gasteiger partial charge in [0, 0.05) is 12.0 Å². The van der Waals surface area contributed by atoms with Crippen LogP contribution in [-0.4, -0.2) is 28.1 Å². The van der Waals surface area contributed by atoms with Crippen molar-refractivity contribution in [2.24, 2.45) is 5.73 Å². The summed E-state index contributed by atoms with van der Waals surface area (Å²) in [7, 11) is 0. The molecule has 0 spiro atoms. The van der Waals surface area contributed by atoms with E-state index in [9.17, 15) is 9.59 Å². The van der Waals surface area contributed by atoms with Gasteiger partial charge in [-0.3, -0.25) is 14.7 Å². The number of carbonyl (C=O) groups is 2. The molecule has 2 amide bonds. The highest BCUT2D eigenvalue weighted by molar-refractivity contribution is 5.90. The van der Waals surface area contributed by atoms with Crippen LogP contribution in [0, 0.1) is 0 Å². The number of hydrogen-bond acceptors (Lipinski definition) is 3. The van der Waals surface area contributed by atoms with Gasteiger partial charge in [0.1, 0.15) is 5.69 Å². The lowest BCUT2D eigenvalue weighted by Crippen LogP contribution is -2.44. The van der Waals surface area contributed by atoms with Gasteiger partial charge in [-0.15, -0.1) is 0 Å². The Kier molecular flexibility index (Phi) is 3.91. The maximum Gasteiger partial charge on any atom is 0.266 e. The zero-order chi connectivity index (χ0) is 15.5. The molecular formula is C16H18N4O2. The summed E-state index contributed by atoms with van der Waals surface area (Å²) in [5.41, 5.74) is 7.36. The Bertz CT molecular complexity index is 674. The summed E-state index contributed by atoms with van der Waals surface area (Å²) in [4.78, 5) is 23.0. The van der Waals surface area contributed by atoms with E-state index in [-0.39, 0.29) is 17.9 Å². The van der Waals surface area contributed by atoms with Crippen molar-refractivity contribution < 1.29 is 9.59 Å². The second kappa shape index (κ2) is 6.01. The highest BCUT2D eigenvalue weighted by Crippen LogP contribution is 2.36. The fourth-order valence-electron chi connectivity index (χ4n) is 2.71. The molecule has 1 aliphatic carbocycles. The number of aromatic amines is 1. The second-order valence-corrected chi connectivity index (χ2v) is 5.67. The van der Waals surface area contributed by atoms with Crippen LogP contribution in [0.25, 0.3) is 0 Å². The molecule has 0 saturated heterocycles. The van der Waals surface area contributed by atoms with E-state index in [1.807, 2.05) is 30.3 Å². The van der Waals surface area contributed by atoms with Gasteiger partial charge in [0.05, 0.1) is 12.1 Å². The zero-order valence-electron chi connectivity index (χ0n) is 12.1. The van der Waals surface area contributed by atoms with Gasteiger partial charge in [0.2, 0.25) is 5.91 Å². The predicted octanol–water partition coefficient (Wildman–Crippen LogP) is 1.11. The summed E-state index contributed by atoms with van der Waals surface area (Å²) in [5.74, 6) is -0.202. The van der Waals surface area contributed by atoms with Crippen molar-refractivity contribution in [2.45, 2.75) is 31.2 Å². The Balaban J connectivity index is 1.47. The fourth-order valence-corrected chi connectivity index (χ4v) is 2.71. The van der Waals surface area contributed by atoms with E-state index < -0.39 is 5.91 Å². The van der Waals surface area contributed by atoms with Crippen LogP contribution < -0.4 is 11.1 Å². The third kappa shape index (κ3) is 3.16. The van der Waals surface area contributed by atoms with Crippen LogP contribution in [0.1, 0.15) is 40.5 Å². The lowest BCUT2D eigenvalue weighted by molar-refractivity contribution is -0.121. The lowest BCUT2D eigenvalue weighted by atomic mass is 9.78. The van der Waals surface area contributed by atoms with Crippen molar-refractivity contribution in [3.63, 3.8) is 0 Å². The number of hydrogen-bond donors (Lipinski definition) is 3. The number of benzene rings is 1. The largest absolute Gasteiger partial charge is 0.364 e. The second-order valence-electron chi connectivity index (χ2n) is 5.67. The quantitative estimate of drug-likeness (QED) is 0.770. The van der Waals surface area contributed by atoms with E-state index in [1.54, 1.807) is 6.07 Å². The molecule has 6 nitrogen and oxygen atoms in total. The first-order chi connectivity index (χ1) is 10.6. The molecule has 2 aromatic rings. The molecule has 1 saturated carbocycles. The van der Waals surface area contributed by atoms with Crippen LogP contribution in [-0.2, 0) is 11.2 Å². The van der Waals surface area contributed by atoms with Gasteiger partial charge in [-0.1, -0.05) is 30.3 Å². The number of primary amides is 1. The van der Waals surface area contributed by atoms with Crippen LogP contribution in [0.2, 0.25) is 0 Å². The average molecular weight is 298 g/mol. The average Bonchev–Trinajstić information content (AvgIpc) is 2.93. The Morgan fingerprint density at radius 2 is 2.00 bits per heavy atom. The number of nitrogens with zero attached hydrogens (tertiary/aromatic N) is 1. The summed E-state index contributed by atoms with van der Waals surface area (Å²) >= 11 is 0. The molecule has 1 heterocycles. The molecule has 0 atom stereocenters. The van der Waals surface area contributed by atoms with Gasteiger partial charge in [-0.25, -0.2) is 0 Å². The SMILES string of the molecule is NC(=O)c1cc([C@H]2C[C@@H](NC(=O)Cc3ccccc3)C2)n[nH]1. The highest BCUT2D eigenvalue weighted by Gasteiger charge is 2.33. The van der Waals surface area contributed by atoms with E-state index >= 15 is 0 Å². The van der Waals surface area contributed by atoms with Gasteiger partial charge in [0.15, 0.2) is 0 Å². The number of nitrogens with two attached hydrogens (primary N) is 1. The van der Waals surface area contributed by atoms with E-state index in [1.165, 1.54) is 0 Å². The molecule has 3 rings (SSSR count). The zero-order valence-corrected chi connectivity index (χ0v) is 12.1. The van der Waals surface area contributed by atoms with Crippen LogP contribution in [0.3, 0.4) is 0 Å². The van der Waals surface area contributed by atoms with Gasteiger partial charge in [-0.05, 0) is 24.5 Å². The molecule has 0 unspecified atom stereocenters. The van der Waals surface area contributed by atoms with E-state index in [4.69, 9.17) is 5.73 Å². The lowest BCUT2D eigenvalue weighted by Gasteiger charge is -2.34. The molecule has 1 aromatic heterocycles. The van der Waals surface area contributed by atoms with Crippen LogP contribution >= 0.6 is 0 Å². The Morgan fingerprint density at radius 1 is 1.27 bits per heavy atom. The topological polar surface area (TPSA) is 101 Å². The van der Waals surface area contributed by atoms with Gasteiger partial charge in [0.25, 0.3) is 5.91 Å². The Hall–Kier alpha value is -2.63. The minimum atomic E-state index is -0.509. The van der Waals surface area contributed by atoms with Gasteiger partial charge < -0.3 is 11.1 Å². The number of aromatic nitrogens is 2. The molecule has 22 heavy (non-hydrogen) atoms. The van der Waals surface area contributed by atoms with Crippen molar-refractivity contribution in [3.8, 4) is 0 Å². The van der Waals surface area contributed by atoms with Crippen LogP contribution in [0.15, 0.2) is 36.4 Å². The smallest absolute Gasteiger partial charge is 0.266 e. The summed E-state index contributed by atoms with van der Waals surface area (Å²) < 4.78 is 0. The number of nitrogens with one attached hydrogen (secondary N) is 2. The highest BCUT2D eigenvalue weighted by atomic mass is 16.2. The summed E-state index contributed by atoms with van der Waals surface area (Å²) in [6, 6.07) is 11.5. The Morgan fingerprint density at radius 3 is 2.64 bits per heavy atom. The molecule has 1 aromatic carbocycles. The molecule has 0 radical (unpaired) electrons. The number of rotatable bonds is 5. The minimum Gasteiger partial charge on any atom is -0.364 e. The normalized spacial score (nSPS) is 20.2. The monoisotopic (exact) mass is 298 g/mol. The molecule has 0 aliphatic heterocycles. The van der Waals surface area contributed by atoms with Crippen molar-refractivity contribution in [2.75, 3.05) is 0 Å². The molecular weight excluding hydrogens is 280 g/mol. The molecule has 1 fully saturated rings. The molecule has 0 bridgehead atoms. The molecule has 6 heteroatoms. The van der Waals surface area contributed by atoms with E-state index in [2.05, 4.69) is 15.5 Å². The summed E-state index contributed by atoms with van der Waals surface area (Å²) in [5, 5.41) is 9.76. The van der Waals surface area contributed by atoms with Gasteiger partial charge in [-0.2, -0.15) is 5.10 Å². The third-order valence-electron chi connectivity index (χ3n) is 3.99. The Labute approximate surface area is 128 Å². The molecule has 4 N–H and O–H groups in total. The summed E-state index contributed by atoms with van der Waals surface area (Å²) in [6.45, 7) is 0. The van der Waals surface area contributed by atoms with Crippen molar-refractivity contribution >= 4 is 11.8 Å². The maximum atomic E-state index is 12.0. The minimum absolute atomic E-state index is 0.0366. The fraction of sp³-hybridized carbons (Fsp3) is 0.312. The number of carbonyl (C=O) groups excluding carboxylic acids is 2. The molecule has 1 aliphatic rings. The van der Waals surface area contributed by atoms with Gasteiger partial charge >= 0.3 is 0 Å². The van der Waals surface area contributed by atoms with E-state index in [0.717, 1.165) is 24.1 Å².